The van der Waals surface area contributed by atoms with Gasteiger partial charge in [0.05, 0.1) is 72.9 Å². The summed E-state index contributed by atoms with van der Waals surface area (Å²) in [6.45, 7) is 7.88. The lowest BCUT2D eigenvalue weighted by atomic mass is 9.78. The molecule has 4 saturated heterocycles. The number of carboxylic acid groups (broad SMARTS) is 1. The van der Waals surface area contributed by atoms with Gasteiger partial charge in [0, 0.05) is 78.0 Å². The second-order valence-electron chi connectivity index (χ2n) is 16.2. The molecule has 4 aliphatic rings. The molecule has 6 aromatic rings. The molecule has 0 atom stereocenters. The van der Waals surface area contributed by atoms with Gasteiger partial charge in [-0.2, -0.15) is 10.5 Å². The number of anilines is 6. The van der Waals surface area contributed by atoms with Crippen molar-refractivity contribution in [3.8, 4) is 34.7 Å². The number of amides is 1. The first-order chi connectivity index (χ1) is 31.7. The van der Waals surface area contributed by atoms with Gasteiger partial charge in [-0.15, -0.1) is 36.4 Å². The predicted octanol–water partition coefficient (Wildman–Crippen LogP) is 8.18. The fourth-order valence-electron chi connectivity index (χ4n) is 7.77. The third kappa shape index (κ3) is 13.4. The lowest BCUT2D eigenvalue weighted by Gasteiger charge is -2.56. The number of aromatic nitrogens is 4. The molecule has 0 unspecified atom stereocenters. The number of ether oxygens (including phenoxy) is 2. The van der Waals surface area contributed by atoms with Crippen LogP contribution in [0.3, 0.4) is 0 Å². The van der Waals surface area contributed by atoms with Crippen LogP contribution in [0.5, 0.6) is 0 Å². The number of nitrogens with zero attached hydrogens (tertiary/aromatic N) is 8. The molecule has 0 radical (unpaired) electrons. The van der Waals surface area contributed by atoms with Crippen molar-refractivity contribution < 1.29 is 24.2 Å². The minimum atomic E-state index is -0.945. The van der Waals surface area contributed by atoms with Crippen LogP contribution in [0.4, 0.5) is 34.6 Å². The number of rotatable bonds is 11. The Bertz CT molecular complexity index is 2700. The highest BCUT2D eigenvalue weighted by Crippen LogP contribution is 2.41. The quantitative estimate of drug-likeness (QED) is 0.0607. The predicted molar refractivity (Wildman–Crippen MR) is 281 cm³/mol. The van der Waals surface area contributed by atoms with Gasteiger partial charge in [0.1, 0.15) is 6.54 Å². The third-order valence-corrected chi connectivity index (χ3v) is 11.3. The molecule has 17 nitrogen and oxygen atoms in total. The standard InChI is InChI=1S/C24H22N6O2.C22H20N4O3.C2H4N2.2CH4.ClH.HI/c25-10-12-26-22(31)18-3-1-17(2-4-18)21-9-11-27-23(29-21)28-19-5-7-20(8-6-19)30-13-24(14-30)15-32-16-24;27-20(28)16-3-1-15(2-4-16)19-9-10-23-21(25-19)24-17-5-7-18(8-6-17)26-11-22(12-26)13-29-14-22;3-1-2-4;;;;/h1-9,11H,12-16H2,(H,26,31)(H,27,28,29);1-10H,11-14H2,(H,27,28)(H,23,24,25);1,3H2;2*1H4;2*1H. The number of aromatic carboxylic acids is 1. The zero-order valence-corrected chi connectivity index (χ0v) is 39.3. The monoisotopic (exact) mass is 1070 g/mol. The molecular formula is C50H56ClIN12O5. The highest BCUT2D eigenvalue weighted by atomic mass is 127. The summed E-state index contributed by atoms with van der Waals surface area (Å²) in [4.78, 5) is 45.4. The van der Waals surface area contributed by atoms with E-state index in [1.165, 1.54) is 11.4 Å². The lowest BCUT2D eigenvalue weighted by Crippen LogP contribution is -2.66. The summed E-state index contributed by atoms with van der Waals surface area (Å²) in [6.07, 6.45) is 3.39. The van der Waals surface area contributed by atoms with Crippen molar-refractivity contribution in [1.29, 1.82) is 10.5 Å². The number of nitriles is 2. The molecule has 19 heteroatoms. The zero-order chi connectivity index (χ0) is 45.2. The maximum absolute atomic E-state index is 11.9. The van der Waals surface area contributed by atoms with E-state index < -0.39 is 5.97 Å². The Kier molecular flexibility index (Phi) is 19.7. The Morgan fingerprint density at radius 1 is 0.638 bits per heavy atom. The Labute approximate surface area is 425 Å². The van der Waals surface area contributed by atoms with Crippen molar-refractivity contribution in [3.05, 3.63) is 133 Å². The van der Waals surface area contributed by atoms with E-state index in [1.54, 1.807) is 60.9 Å². The van der Waals surface area contributed by atoms with Crippen LogP contribution in [0.15, 0.2) is 122 Å². The Morgan fingerprint density at radius 3 is 1.36 bits per heavy atom. The van der Waals surface area contributed by atoms with Gasteiger partial charge in [-0.25, -0.2) is 24.7 Å². The molecule has 10 rings (SSSR count). The molecule has 0 saturated carbocycles. The number of carbonyl (C=O) groups excluding carboxylic acids is 1. The second kappa shape index (κ2) is 24.9. The van der Waals surface area contributed by atoms with E-state index >= 15 is 0 Å². The molecule has 2 aromatic heterocycles. The maximum Gasteiger partial charge on any atom is 0.335 e. The van der Waals surface area contributed by atoms with Crippen molar-refractivity contribution in [3.63, 3.8) is 0 Å². The Balaban J connectivity index is 0.000000266. The number of hydrogen-bond acceptors (Lipinski definition) is 15. The Hall–Kier alpha value is -6.94. The zero-order valence-electron chi connectivity index (χ0n) is 36.2. The number of nitrogens with one attached hydrogen (secondary N) is 3. The number of carbonyl (C=O) groups is 2. The van der Waals surface area contributed by atoms with Gasteiger partial charge in [0.25, 0.3) is 5.91 Å². The van der Waals surface area contributed by atoms with Gasteiger partial charge in [-0.1, -0.05) is 39.1 Å². The maximum atomic E-state index is 11.9. The molecule has 4 fully saturated rings. The van der Waals surface area contributed by atoms with E-state index in [4.69, 9.17) is 25.1 Å². The van der Waals surface area contributed by atoms with Crippen LogP contribution >= 0.6 is 36.4 Å². The molecule has 1 amide bonds. The van der Waals surface area contributed by atoms with Gasteiger partial charge >= 0.3 is 5.97 Å². The van der Waals surface area contributed by atoms with Crippen molar-refractivity contribution in [2.24, 2.45) is 16.6 Å². The van der Waals surface area contributed by atoms with E-state index in [1.807, 2.05) is 48.5 Å². The van der Waals surface area contributed by atoms with Crippen LogP contribution in [-0.4, -0.2) is 103 Å². The molecular weight excluding hydrogens is 1010 g/mol. The molecule has 4 aromatic carbocycles. The normalized spacial score (nSPS) is 14.7. The van der Waals surface area contributed by atoms with E-state index in [0.717, 1.165) is 86.5 Å². The molecule has 4 aliphatic heterocycles. The number of halogens is 2. The highest BCUT2D eigenvalue weighted by Gasteiger charge is 2.49. The first-order valence-corrected chi connectivity index (χ1v) is 20.9. The minimum absolute atomic E-state index is 0. The molecule has 6 heterocycles. The fourth-order valence-corrected chi connectivity index (χ4v) is 7.77. The minimum Gasteiger partial charge on any atom is -0.478 e. The summed E-state index contributed by atoms with van der Waals surface area (Å²) in [5, 5.41) is 34.1. The summed E-state index contributed by atoms with van der Waals surface area (Å²) in [5.41, 5.74) is 13.6. The second-order valence-corrected chi connectivity index (χ2v) is 16.2. The topological polar surface area (TPSA) is 241 Å². The van der Waals surface area contributed by atoms with Gasteiger partial charge < -0.3 is 46.1 Å². The Morgan fingerprint density at radius 2 is 1.03 bits per heavy atom. The molecule has 0 bridgehead atoms. The van der Waals surface area contributed by atoms with Crippen LogP contribution in [0.1, 0.15) is 35.6 Å². The van der Waals surface area contributed by atoms with E-state index in [-0.39, 0.29) is 75.8 Å². The third-order valence-electron chi connectivity index (χ3n) is 11.3. The molecule has 0 aliphatic carbocycles. The fraction of sp³-hybridized carbons (Fsp3) is 0.280. The first kappa shape index (κ1) is 54.7. The number of nitrogens with two attached hydrogens (primary N) is 1. The summed E-state index contributed by atoms with van der Waals surface area (Å²) < 4.78 is 10.7. The summed E-state index contributed by atoms with van der Waals surface area (Å²) in [6, 6.07) is 37.5. The molecule has 6 N–H and O–H groups in total. The average Bonchev–Trinajstić information content (AvgIpc) is 3.28. The summed E-state index contributed by atoms with van der Waals surface area (Å²) in [5.74, 6) is -0.229. The molecule has 69 heavy (non-hydrogen) atoms. The van der Waals surface area contributed by atoms with Gasteiger partial charge in [-0.05, 0) is 84.9 Å². The van der Waals surface area contributed by atoms with Crippen LogP contribution in [-0.2, 0) is 9.47 Å². The summed E-state index contributed by atoms with van der Waals surface area (Å²) >= 11 is 0. The van der Waals surface area contributed by atoms with Crippen molar-refractivity contribution in [2.75, 3.05) is 86.1 Å². The lowest BCUT2D eigenvalue weighted by molar-refractivity contribution is -0.127. The van der Waals surface area contributed by atoms with Gasteiger partial charge in [0.2, 0.25) is 11.9 Å². The first-order valence-electron chi connectivity index (χ1n) is 20.9. The highest BCUT2D eigenvalue weighted by molar-refractivity contribution is 14.0. The van der Waals surface area contributed by atoms with Crippen molar-refractivity contribution in [1.82, 2.24) is 25.3 Å². The van der Waals surface area contributed by atoms with Crippen molar-refractivity contribution in [2.45, 2.75) is 14.9 Å². The largest absolute Gasteiger partial charge is 0.478 e. The smallest absolute Gasteiger partial charge is 0.335 e. The van der Waals surface area contributed by atoms with Crippen molar-refractivity contribution >= 4 is 82.9 Å². The van der Waals surface area contributed by atoms with Crippen LogP contribution in [0, 0.1) is 33.5 Å². The number of carboxylic acids is 1. The van der Waals surface area contributed by atoms with Gasteiger partial charge in [0.15, 0.2) is 0 Å². The van der Waals surface area contributed by atoms with E-state index in [9.17, 15) is 9.59 Å². The number of benzene rings is 4. The molecule has 360 valence electrons. The summed E-state index contributed by atoms with van der Waals surface area (Å²) in [7, 11) is 0. The van der Waals surface area contributed by atoms with E-state index in [2.05, 4.69) is 75.7 Å². The SMILES string of the molecule is C.C.Cl.I.N#CCN.N#CCNC(=O)c1ccc(-c2ccnc(Nc3ccc(N4CC5(COC5)C4)cc3)n2)cc1.O=C(O)c1ccc(-c2ccnc(Nc3ccc(N4CC5(COC5)C4)cc3)n2)cc1. The van der Waals surface area contributed by atoms with Crippen LogP contribution in [0.25, 0.3) is 22.5 Å². The van der Waals surface area contributed by atoms with Crippen LogP contribution < -0.4 is 31.5 Å². The molecule has 2 spiro atoms. The van der Waals surface area contributed by atoms with E-state index in [0.29, 0.717) is 28.3 Å². The average molecular weight is 1070 g/mol. The number of hydrogen-bond donors (Lipinski definition) is 5. The van der Waals surface area contributed by atoms with Gasteiger partial charge in [-0.3, -0.25) is 4.79 Å². The van der Waals surface area contributed by atoms with Crippen LogP contribution in [0.2, 0.25) is 0 Å².